The topological polar surface area (TPSA) is 78.5 Å². The third-order valence-electron chi connectivity index (χ3n) is 2.56. The van der Waals surface area contributed by atoms with Gasteiger partial charge in [-0.25, -0.2) is 0 Å². The SMILES string of the molecule is O=C(CN1C(=O)CNCC1=O)Nc1cccc(Cl)c1. The van der Waals surface area contributed by atoms with Crippen LogP contribution >= 0.6 is 11.6 Å². The van der Waals surface area contributed by atoms with Crippen LogP contribution in [-0.4, -0.2) is 42.3 Å². The highest BCUT2D eigenvalue weighted by molar-refractivity contribution is 6.30. The number of imide groups is 1. The van der Waals surface area contributed by atoms with Crippen molar-refractivity contribution in [2.45, 2.75) is 0 Å². The van der Waals surface area contributed by atoms with E-state index in [-0.39, 0.29) is 19.6 Å². The Kier molecular flexibility index (Phi) is 4.13. The first-order chi connectivity index (χ1) is 9.06. The van der Waals surface area contributed by atoms with Gasteiger partial charge in [-0.1, -0.05) is 17.7 Å². The van der Waals surface area contributed by atoms with E-state index in [0.29, 0.717) is 10.7 Å². The lowest BCUT2D eigenvalue weighted by atomic mass is 10.3. The van der Waals surface area contributed by atoms with Crippen LogP contribution in [0.1, 0.15) is 0 Å². The quantitative estimate of drug-likeness (QED) is 0.778. The van der Waals surface area contributed by atoms with Crippen molar-refractivity contribution in [1.29, 1.82) is 0 Å². The number of nitrogens with zero attached hydrogens (tertiary/aromatic N) is 1. The zero-order valence-corrected chi connectivity index (χ0v) is 10.7. The van der Waals surface area contributed by atoms with Crippen LogP contribution in [0.5, 0.6) is 0 Å². The van der Waals surface area contributed by atoms with Gasteiger partial charge in [0, 0.05) is 10.7 Å². The fraction of sp³-hybridized carbons (Fsp3) is 0.250. The van der Waals surface area contributed by atoms with Gasteiger partial charge in [0.2, 0.25) is 17.7 Å². The molecule has 1 aromatic rings. The lowest BCUT2D eigenvalue weighted by Crippen LogP contribution is -2.54. The Hall–Kier alpha value is -1.92. The highest BCUT2D eigenvalue weighted by atomic mass is 35.5. The minimum Gasteiger partial charge on any atom is -0.324 e. The summed E-state index contributed by atoms with van der Waals surface area (Å²) in [5.74, 6) is -1.25. The fourth-order valence-corrected chi connectivity index (χ4v) is 1.88. The molecule has 100 valence electrons. The lowest BCUT2D eigenvalue weighted by Gasteiger charge is -2.24. The molecule has 1 aromatic carbocycles. The van der Waals surface area contributed by atoms with Crippen molar-refractivity contribution in [3.8, 4) is 0 Å². The molecule has 0 atom stereocenters. The second-order valence-corrected chi connectivity index (χ2v) is 4.47. The molecule has 0 saturated carbocycles. The minimum atomic E-state index is -0.439. The molecule has 2 N–H and O–H groups in total. The molecule has 1 aliphatic heterocycles. The van der Waals surface area contributed by atoms with E-state index >= 15 is 0 Å². The second-order valence-electron chi connectivity index (χ2n) is 4.04. The van der Waals surface area contributed by atoms with Crippen molar-refractivity contribution in [2.75, 3.05) is 25.0 Å². The monoisotopic (exact) mass is 281 g/mol. The summed E-state index contributed by atoms with van der Waals surface area (Å²) in [4.78, 5) is 35.7. The smallest absolute Gasteiger partial charge is 0.244 e. The first kappa shape index (κ1) is 13.5. The highest BCUT2D eigenvalue weighted by Crippen LogP contribution is 2.14. The molecule has 0 aliphatic carbocycles. The normalized spacial score (nSPS) is 15.5. The summed E-state index contributed by atoms with van der Waals surface area (Å²) >= 11 is 5.79. The first-order valence-corrected chi connectivity index (χ1v) is 6.03. The Balaban J connectivity index is 1.97. The van der Waals surface area contributed by atoms with Crippen LogP contribution in [0.2, 0.25) is 5.02 Å². The van der Waals surface area contributed by atoms with Crippen LogP contribution in [0.4, 0.5) is 5.69 Å². The zero-order valence-electron chi connectivity index (χ0n) is 9.98. The van der Waals surface area contributed by atoms with Gasteiger partial charge in [-0.3, -0.25) is 24.6 Å². The maximum absolute atomic E-state index is 11.8. The number of hydrogen-bond donors (Lipinski definition) is 2. The number of carbonyl (C=O) groups is 3. The van der Waals surface area contributed by atoms with E-state index in [9.17, 15) is 14.4 Å². The molecule has 19 heavy (non-hydrogen) atoms. The molecule has 1 heterocycles. The van der Waals surface area contributed by atoms with Crippen molar-refractivity contribution in [1.82, 2.24) is 10.2 Å². The average Bonchev–Trinajstić information content (AvgIpc) is 2.34. The number of hydrogen-bond acceptors (Lipinski definition) is 4. The summed E-state index contributed by atoms with van der Waals surface area (Å²) in [7, 11) is 0. The summed E-state index contributed by atoms with van der Waals surface area (Å²) in [5, 5.41) is 5.73. The molecule has 0 unspecified atom stereocenters. The lowest BCUT2D eigenvalue weighted by molar-refractivity contribution is -0.148. The number of benzene rings is 1. The molecule has 1 saturated heterocycles. The van der Waals surface area contributed by atoms with E-state index in [2.05, 4.69) is 10.6 Å². The number of carbonyl (C=O) groups excluding carboxylic acids is 3. The fourth-order valence-electron chi connectivity index (χ4n) is 1.69. The van der Waals surface area contributed by atoms with Crippen LogP contribution < -0.4 is 10.6 Å². The van der Waals surface area contributed by atoms with Gasteiger partial charge in [-0.15, -0.1) is 0 Å². The number of amides is 3. The van der Waals surface area contributed by atoms with Crippen molar-refractivity contribution in [3.05, 3.63) is 29.3 Å². The Bertz CT molecular complexity index is 517. The van der Waals surface area contributed by atoms with Crippen molar-refractivity contribution in [2.24, 2.45) is 0 Å². The van der Waals surface area contributed by atoms with E-state index in [1.54, 1.807) is 24.3 Å². The largest absolute Gasteiger partial charge is 0.324 e. The van der Waals surface area contributed by atoms with Gasteiger partial charge < -0.3 is 5.32 Å². The van der Waals surface area contributed by atoms with E-state index in [1.807, 2.05) is 0 Å². The second kappa shape index (κ2) is 5.81. The van der Waals surface area contributed by atoms with Gasteiger partial charge in [0.05, 0.1) is 13.1 Å². The van der Waals surface area contributed by atoms with Crippen LogP contribution in [-0.2, 0) is 14.4 Å². The van der Waals surface area contributed by atoms with Gasteiger partial charge in [0.25, 0.3) is 0 Å². The Morgan fingerprint density at radius 1 is 1.32 bits per heavy atom. The predicted molar refractivity (Wildman–Crippen MR) is 69.7 cm³/mol. The van der Waals surface area contributed by atoms with Crippen LogP contribution in [0.25, 0.3) is 0 Å². The molecule has 0 aromatic heterocycles. The predicted octanol–water partition coefficient (Wildman–Crippen LogP) is 0.237. The molecule has 1 fully saturated rings. The summed E-state index contributed by atoms with van der Waals surface area (Å²) < 4.78 is 0. The van der Waals surface area contributed by atoms with Crippen LogP contribution in [0.3, 0.4) is 0 Å². The molecule has 1 aliphatic rings. The number of rotatable bonds is 3. The summed E-state index contributed by atoms with van der Waals surface area (Å²) in [6.45, 7) is -0.155. The molecular weight excluding hydrogens is 270 g/mol. The Morgan fingerprint density at radius 2 is 2.00 bits per heavy atom. The van der Waals surface area contributed by atoms with Crippen LogP contribution in [0.15, 0.2) is 24.3 Å². The van der Waals surface area contributed by atoms with Gasteiger partial charge in [0.1, 0.15) is 6.54 Å². The number of anilines is 1. The maximum atomic E-state index is 11.8. The zero-order chi connectivity index (χ0) is 13.8. The molecule has 0 bridgehead atoms. The minimum absolute atomic E-state index is 0.0657. The van der Waals surface area contributed by atoms with Gasteiger partial charge in [-0.05, 0) is 18.2 Å². The third-order valence-corrected chi connectivity index (χ3v) is 2.80. The summed E-state index contributed by atoms with van der Waals surface area (Å²) in [6.07, 6.45) is 0. The average molecular weight is 282 g/mol. The Morgan fingerprint density at radius 3 is 2.63 bits per heavy atom. The Labute approximate surface area is 114 Å². The molecule has 0 radical (unpaired) electrons. The first-order valence-electron chi connectivity index (χ1n) is 5.65. The number of piperazine rings is 1. The van der Waals surface area contributed by atoms with E-state index in [4.69, 9.17) is 11.6 Å². The summed E-state index contributed by atoms with van der Waals surface area (Å²) in [5.41, 5.74) is 0.521. The maximum Gasteiger partial charge on any atom is 0.244 e. The van der Waals surface area contributed by atoms with E-state index in [0.717, 1.165) is 4.90 Å². The van der Waals surface area contributed by atoms with Crippen molar-refractivity contribution in [3.63, 3.8) is 0 Å². The molecule has 2 rings (SSSR count). The number of halogens is 1. The highest BCUT2D eigenvalue weighted by Gasteiger charge is 2.27. The standard InChI is InChI=1S/C12H12ClN3O3/c13-8-2-1-3-9(4-8)15-10(17)7-16-11(18)5-14-6-12(16)19/h1-4,14H,5-7H2,(H,15,17). The molecule has 7 heteroatoms. The van der Waals surface area contributed by atoms with Crippen LogP contribution in [0, 0.1) is 0 Å². The number of nitrogens with one attached hydrogen (secondary N) is 2. The van der Waals surface area contributed by atoms with Gasteiger partial charge in [-0.2, -0.15) is 0 Å². The van der Waals surface area contributed by atoms with Crippen molar-refractivity contribution >= 4 is 35.0 Å². The van der Waals surface area contributed by atoms with Gasteiger partial charge in [0.15, 0.2) is 0 Å². The molecular formula is C12H12ClN3O3. The molecule has 6 nitrogen and oxygen atoms in total. The van der Waals surface area contributed by atoms with Crippen molar-refractivity contribution < 1.29 is 14.4 Å². The summed E-state index contributed by atoms with van der Waals surface area (Å²) in [6, 6.07) is 6.63. The third kappa shape index (κ3) is 3.52. The molecule has 3 amide bonds. The van der Waals surface area contributed by atoms with E-state index in [1.165, 1.54) is 0 Å². The van der Waals surface area contributed by atoms with E-state index < -0.39 is 17.7 Å². The molecule has 0 spiro atoms. The van der Waals surface area contributed by atoms with Gasteiger partial charge >= 0.3 is 0 Å².